The first-order chi connectivity index (χ1) is 18.8. The number of likely N-dealkylation sites (N-methyl/N-ethyl adjacent to an activating group) is 1. The highest BCUT2D eigenvalue weighted by Crippen LogP contribution is 2.39. The van der Waals surface area contributed by atoms with Crippen LogP contribution in [0.1, 0.15) is 56.4 Å². The first-order valence-corrected chi connectivity index (χ1v) is 15.0. The van der Waals surface area contributed by atoms with E-state index in [0.717, 1.165) is 49.4 Å². The molecule has 1 saturated carbocycles. The summed E-state index contributed by atoms with van der Waals surface area (Å²) in [6.45, 7) is 3.21. The van der Waals surface area contributed by atoms with Gasteiger partial charge in [0.05, 0.1) is 10.0 Å². The number of halogens is 3. The number of hydrogen-bond donors (Lipinski definition) is 0. The number of allylic oxidation sites excluding steroid dienone is 1. The molecule has 0 spiro atoms. The van der Waals surface area contributed by atoms with E-state index in [9.17, 15) is 9.59 Å². The minimum absolute atomic E-state index is 0.0375. The molecule has 1 amide bonds. The van der Waals surface area contributed by atoms with Crippen LogP contribution in [-0.4, -0.2) is 54.4 Å². The normalized spacial score (nSPS) is 22.6. The molecule has 5 nitrogen and oxygen atoms in total. The summed E-state index contributed by atoms with van der Waals surface area (Å²) in [6.07, 6.45) is 8.11. The van der Waals surface area contributed by atoms with Crippen molar-refractivity contribution in [3.8, 4) is 5.75 Å². The summed E-state index contributed by atoms with van der Waals surface area (Å²) >= 11 is 18.6. The number of nitrogens with zero attached hydrogens (tertiary/aromatic N) is 2. The Hall–Kier alpha value is -2.05. The van der Waals surface area contributed by atoms with Crippen molar-refractivity contribution in [1.82, 2.24) is 9.80 Å². The van der Waals surface area contributed by atoms with E-state index in [4.69, 9.17) is 39.5 Å². The average Bonchev–Trinajstić information content (AvgIpc) is 3.77. The van der Waals surface area contributed by atoms with Crippen LogP contribution in [0.15, 0.2) is 54.1 Å². The Kier molecular flexibility index (Phi) is 9.23. The van der Waals surface area contributed by atoms with Gasteiger partial charge in [0.1, 0.15) is 5.75 Å². The first-order valence-electron chi connectivity index (χ1n) is 13.9. The van der Waals surface area contributed by atoms with Gasteiger partial charge in [0.2, 0.25) is 0 Å². The Bertz CT molecular complexity index is 1220. The summed E-state index contributed by atoms with van der Waals surface area (Å²) in [5, 5.41) is 1.54. The summed E-state index contributed by atoms with van der Waals surface area (Å²) < 4.78 is 5.65. The predicted molar refractivity (Wildman–Crippen MR) is 157 cm³/mol. The maximum absolute atomic E-state index is 13.6. The second-order valence-corrected chi connectivity index (χ2v) is 12.4. The molecule has 2 aliphatic carbocycles. The molecule has 1 heterocycles. The van der Waals surface area contributed by atoms with E-state index in [0.29, 0.717) is 33.7 Å². The van der Waals surface area contributed by atoms with Crippen LogP contribution in [-0.2, 0) is 4.79 Å². The fourth-order valence-corrected chi connectivity index (χ4v) is 6.37. The minimum Gasteiger partial charge on any atom is -0.410 e. The van der Waals surface area contributed by atoms with Crippen molar-refractivity contribution in [2.75, 3.05) is 26.7 Å². The number of rotatable bonds is 7. The van der Waals surface area contributed by atoms with Crippen molar-refractivity contribution in [1.29, 1.82) is 0 Å². The molecule has 2 atom stereocenters. The zero-order valence-corrected chi connectivity index (χ0v) is 24.5. The fourth-order valence-electron chi connectivity index (χ4n) is 5.93. The summed E-state index contributed by atoms with van der Waals surface area (Å²) in [4.78, 5) is 31.0. The van der Waals surface area contributed by atoms with Gasteiger partial charge in [0.15, 0.2) is 5.78 Å². The smallest absolute Gasteiger partial charge is 0.410 e. The lowest BCUT2D eigenvalue weighted by Gasteiger charge is -2.33. The van der Waals surface area contributed by atoms with Crippen LogP contribution in [0.25, 0.3) is 0 Å². The van der Waals surface area contributed by atoms with Crippen molar-refractivity contribution in [3.05, 3.63) is 74.7 Å². The second-order valence-electron chi connectivity index (χ2n) is 11.2. The number of amides is 1. The molecule has 5 rings (SSSR count). The highest BCUT2D eigenvalue weighted by atomic mass is 35.5. The van der Waals surface area contributed by atoms with Gasteiger partial charge < -0.3 is 14.5 Å². The quantitative estimate of drug-likeness (QED) is 0.328. The molecule has 0 aromatic heterocycles. The molecule has 0 radical (unpaired) electrons. The third-order valence-corrected chi connectivity index (χ3v) is 9.45. The molecule has 2 fully saturated rings. The molecule has 3 aliphatic rings. The van der Waals surface area contributed by atoms with Gasteiger partial charge in [0, 0.05) is 36.5 Å². The lowest BCUT2D eigenvalue weighted by Crippen LogP contribution is -2.42. The van der Waals surface area contributed by atoms with Crippen LogP contribution in [0.2, 0.25) is 15.1 Å². The van der Waals surface area contributed by atoms with Gasteiger partial charge in [-0.2, -0.15) is 0 Å². The Morgan fingerprint density at radius 1 is 0.949 bits per heavy atom. The number of Topliss-reactive ketones (excluding diaryl/α,β-unsaturated/α-hetero) is 1. The Balaban J connectivity index is 1.32. The molecular weight excluding hydrogens is 555 g/mol. The lowest BCUT2D eigenvalue weighted by atomic mass is 9.84. The van der Waals surface area contributed by atoms with E-state index in [1.807, 2.05) is 12.1 Å². The fraction of sp³-hybridized carbons (Fsp3) is 0.484. The zero-order chi connectivity index (χ0) is 27.5. The standard InChI is InChI=1S/C31H35Cl3N2O3/c1-35(31(38)39-25-9-7-24(32)8-10-25)29-13-6-21(4-11-26(29)23-5-12-27(33)28(34)18-23)30(37)22-14-16-36(17-15-22)19-20-2-3-20/h5-10,12,18,20,22,26,29H,2-4,11,13-17,19H2,1H3. The number of ketones is 1. The number of piperidine rings is 1. The monoisotopic (exact) mass is 588 g/mol. The van der Waals surface area contributed by atoms with Gasteiger partial charge in [0.25, 0.3) is 0 Å². The van der Waals surface area contributed by atoms with Crippen LogP contribution < -0.4 is 4.74 Å². The largest absolute Gasteiger partial charge is 0.415 e. The van der Waals surface area contributed by atoms with Gasteiger partial charge in [-0.25, -0.2) is 4.79 Å². The van der Waals surface area contributed by atoms with E-state index in [1.165, 1.54) is 19.4 Å². The molecule has 2 aromatic rings. The van der Waals surface area contributed by atoms with Gasteiger partial charge in [-0.15, -0.1) is 0 Å². The van der Waals surface area contributed by atoms with Crippen molar-refractivity contribution in [3.63, 3.8) is 0 Å². The summed E-state index contributed by atoms with van der Waals surface area (Å²) in [7, 11) is 1.75. The number of likely N-dealkylation sites (tertiary alicyclic amines) is 1. The molecule has 39 heavy (non-hydrogen) atoms. The van der Waals surface area contributed by atoms with E-state index in [2.05, 4.69) is 11.0 Å². The Labute approximate surface area is 246 Å². The van der Waals surface area contributed by atoms with Gasteiger partial charge in [-0.3, -0.25) is 4.79 Å². The molecule has 2 unspecified atom stereocenters. The maximum Gasteiger partial charge on any atom is 0.415 e. The third kappa shape index (κ3) is 7.18. The Morgan fingerprint density at radius 2 is 1.67 bits per heavy atom. The van der Waals surface area contributed by atoms with Crippen LogP contribution in [0.3, 0.4) is 0 Å². The number of hydrogen-bond acceptors (Lipinski definition) is 4. The molecule has 1 aliphatic heterocycles. The topological polar surface area (TPSA) is 49.9 Å². The van der Waals surface area contributed by atoms with E-state index in [1.54, 1.807) is 42.3 Å². The molecular formula is C31H35Cl3N2O3. The maximum atomic E-state index is 13.6. The van der Waals surface area contributed by atoms with Crippen LogP contribution >= 0.6 is 34.8 Å². The highest BCUT2D eigenvalue weighted by molar-refractivity contribution is 6.42. The predicted octanol–water partition coefficient (Wildman–Crippen LogP) is 8.03. The molecule has 2 aromatic carbocycles. The summed E-state index contributed by atoms with van der Waals surface area (Å²) in [5.41, 5.74) is 1.89. The van der Waals surface area contributed by atoms with E-state index < -0.39 is 6.09 Å². The average molecular weight is 590 g/mol. The van der Waals surface area contributed by atoms with Crippen LogP contribution in [0.4, 0.5) is 4.79 Å². The molecule has 0 bridgehead atoms. The number of benzene rings is 2. The van der Waals surface area contributed by atoms with Crippen molar-refractivity contribution < 1.29 is 14.3 Å². The van der Waals surface area contributed by atoms with Gasteiger partial charge in [-0.05, 0) is 111 Å². The molecule has 8 heteroatoms. The first kappa shape index (κ1) is 28.5. The summed E-state index contributed by atoms with van der Waals surface area (Å²) in [6, 6.07) is 12.1. The second kappa shape index (κ2) is 12.6. The minimum atomic E-state index is -0.460. The van der Waals surface area contributed by atoms with Crippen molar-refractivity contribution in [2.24, 2.45) is 11.8 Å². The van der Waals surface area contributed by atoms with E-state index >= 15 is 0 Å². The molecule has 208 valence electrons. The number of carbonyl (C=O) groups excluding carboxylic acids is 2. The van der Waals surface area contributed by atoms with Crippen LogP contribution in [0, 0.1) is 11.8 Å². The van der Waals surface area contributed by atoms with Gasteiger partial charge >= 0.3 is 6.09 Å². The highest BCUT2D eigenvalue weighted by Gasteiger charge is 2.35. The van der Waals surface area contributed by atoms with Gasteiger partial charge in [-0.1, -0.05) is 46.9 Å². The zero-order valence-electron chi connectivity index (χ0n) is 22.3. The number of ether oxygens (including phenoxy) is 1. The summed E-state index contributed by atoms with van der Waals surface area (Å²) in [5.74, 6) is 1.63. The van der Waals surface area contributed by atoms with Crippen molar-refractivity contribution >= 4 is 46.7 Å². The lowest BCUT2D eigenvalue weighted by molar-refractivity contribution is -0.120. The van der Waals surface area contributed by atoms with E-state index in [-0.39, 0.29) is 23.7 Å². The van der Waals surface area contributed by atoms with Crippen molar-refractivity contribution in [2.45, 2.75) is 56.9 Å². The molecule has 0 N–H and O–H groups in total. The van der Waals surface area contributed by atoms with Crippen LogP contribution in [0.5, 0.6) is 5.75 Å². The third-order valence-electron chi connectivity index (χ3n) is 8.46. The Morgan fingerprint density at radius 3 is 2.33 bits per heavy atom. The number of carbonyl (C=O) groups is 2. The molecule has 1 saturated heterocycles. The SMILES string of the molecule is CN(C(=O)Oc1ccc(Cl)cc1)C1CC=C(C(=O)C2CCN(CC3CC3)CC2)CCC1c1ccc(Cl)c(Cl)c1.